The lowest BCUT2D eigenvalue weighted by molar-refractivity contribution is -0.376. The molecule has 0 aromatic rings. The minimum absolute atomic E-state index is 0.450. The van der Waals surface area contributed by atoms with Crippen molar-refractivity contribution in [2.24, 2.45) is 17.8 Å². The van der Waals surface area contributed by atoms with Gasteiger partial charge in [-0.1, -0.05) is 457 Å². The van der Waals surface area contributed by atoms with Crippen LogP contribution in [0.15, 0.2) is 12.2 Å². The average molecular weight is 1580 g/mol. The van der Waals surface area contributed by atoms with Gasteiger partial charge in [0, 0.05) is 7.11 Å². The first-order chi connectivity index (χ1) is 54.3. The molecule has 111 heavy (non-hydrogen) atoms. The summed E-state index contributed by atoms with van der Waals surface area (Å²) in [6.45, 7) is 8.18. The Bertz CT molecular complexity index is 1960. The van der Waals surface area contributed by atoms with Crippen LogP contribution in [-0.4, -0.2) is 141 Å². The molecule has 0 aliphatic carbocycles. The molecule has 14 nitrogen and oxygen atoms in total. The molecule has 2 aliphatic rings. The van der Waals surface area contributed by atoms with E-state index < -0.39 is 92.6 Å². The summed E-state index contributed by atoms with van der Waals surface area (Å²) in [6.07, 6.45) is 82.1. The fourth-order valence-corrected chi connectivity index (χ4v) is 17.3. The highest BCUT2D eigenvalue weighted by molar-refractivity contribution is 5.73. The quantitative estimate of drug-likeness (QED) is 0.0161. The molecule has 0 amide bonds. The first-order valence-electron chi connectivity index (χ1n) is 49.0. The molecule has 2 heterocycles. The molecule has 0 aromatic carbocycles. The molecule has 0 bridgehead atoms. The third-order valence-electron chi connectivity index (χ3n) is 25.2. The lowest BCUT2D eigenvalue weighted by Crippen LogP contribution is -2.63. The Morgan fingerprint density at radius 3 is 0.955 bits per heavy atom. The summed E-state index contributed by atoms with van der Waals surface area (Å²) in [5.74, 6) is -0.0591. The van der Waals surface area contributed by atoms with Crippen molar-refractivity contribution >= 4 is 5.97 Å². The van der Waals surface area contributed by atoms with Crippen LogP contribution in [0, 0.1) is 17.8 Å². The Kier molecular flexibility index (Phi) is 73.7. The van der Waals surface area contributed by atoms with Crippen LogP contribution in [0.2, 0.25) is 0 Å². The van der Waals surface area contributed by atoms with Crippen molar-refractivity contribution < 1.29 is 69.3 Å². The molecule has 14 heteroatoms. The first-order valence-corrected chi connectivity index (χ1v) is 49.0. The van der Waals surface area contributed by atoms with Gasteiger partial charge in [-0.2, -0.15) is 0 Å². The van der Waals surface area contributed by atoms with Crippen LogP contribution in [-0.2, 0) is 28.5 Å². The van der Waals surface area contributed by atoms with E-state index in [1.54, 1.807) is 0 Å². The molecule has 8 N–H and O–H groups in total. The van der Waals surface area contributed by atoms with E-state index >= 15 is 0 Å². The van der Waals surface area contributed by atoms with E-state index in [1.807, 2.05) is 7.11 Å². The van der Waals surface area contributed by atoms with Crippen molar-refractivity contribution in [1.29, 1.82) is 0 Å². The molecule has 2 aliphatic heterocycles. The second kappa shape index (κ2) is 77.3. The summed E-state index contributed by atoms with van der Waals surface area (Å²) in [5.41, 5.74) is 0. The standard InChI is InChI=1S/C97H188O14/c1-6-8-10-12-14-16-18-20-22-24-25-26-27-30-33-37-41-47-53-59-65-71-77-84(95(106)108-81-88-90(101)92(103)94(105)97(110-88)111-96-93(104)91(102)89(100)87(80-98)109-96)85(99)78-72-66-60-54-48-43-45-51-57-63-69-75-82(3)74-68-62-56-50-44-39-35-32-29-28-31-34-38-42-49-55-61-67-73-79-86(107-5)83(4)76-70-64-58-52-46-40-36-23-21-19-17-15-13-11-9-7-2/h68,74,82-94,96-105H,6-67,69-73,75-81H2,1-5H3/b74-68+/t82-,83-,84+,85+,86-,87+,88+,89+,90+,91-,92-,93+,94+,96+,97+/m0/s1. The predicted molar refractivity (Wildman–Crippen MR) is 464 cm³/mol. The summed E-state index contributed by atoms with van der Waals surface area (Å²) >= 11 is 0. The van der Waals surface area contributed by atoms with E-state index in [2.05, 4.69) is 39.8 Å². The molecule has 0 unspecified atom stereocenters. The van der Waals surface area contributed by atoms with Gasteiger partial charge in [0.2, 0.25) is 0 Å². The number of aliphatic hydroxyl groups is 8. The Balaban J connectivity index is 1.49. The van der Waals surface area contributed by atoms with Crippen molar-refractivity contribution in [3.05, 3.63) is 12.2 Å². The van der Waals surface area contributed by atoms with E-state index in [0.717, 1.165) is 51.4 Å². The van der Waals surface area contributed by atoms with Crippen LogP contribution < -0.4 is 0 Å². The Labute approximate surface area is 685 Å². The minimum atomic E-state index is -1.83. The largest absolute Gasteiger partial charge is 0.463 e. The van der Waals surface area contributed by atoms with Crippen LogP contribution in [0.5, 0.6) is 0 Å². The highest BCUT2D eigenvalue weighted by Gasteiger charge is 2.50. The number of hydrogen-bond donors (Lipinski definition) is 8. The van der Waals surface area contributed by atoms with Gasteiger partial charge in [-0.15, -0.1) is 0 Å². The number of carbonyl (C=O) groups excluding carboxylic acids is 1. The number of unbranched alkanes of at least 4 members (excludes halogenated alkanes) is 63. The van der Waals surface area contributed by atoms with Crippen LogP contribution in [0.4, 0.5) is 0 Å². The number of methoxy groups -OCH3 is 1. The van der Waals surface area contributed by atoms with Gasteiger partial charge in [0.05, 0.1) is 24.7 Å². The number of allylic oxidation sites excluding steroid dienone is 2. The number of ether oxygens (including phenoxy) is 5. The Morgan fingerprint density at radius 2 is 0.622 bits per heavy atom. The molecule has 0 spiro atoms. The molecule has 15 atom stereocenters. The zero-order valence-electron chi connectivity index (χ0n) is 73.7. The molecular formula is C97H188O14. The maximum atomic E-state index is 13.9. The van der Waals surface area contributed by atoms with Crippen LogP contribution >= 0.6 is 0 Å². The predicted octanol–water partition coefficient (Wildman–Crippen LogP) is 25.1. The van der Waals surface area contributed by atoms with Crippen molar-refractivity contribution in [3.8, 4) is 0 Å². The number of hydrogen-bond acceptors (Lipinski definition) is 14. The topological polar surface area (TPSA) is 225 Å². The van der Waals surface area contributed by atoms with Gasteiger partial charge in [0.1, 0.15) is 55.4 Å². The lowest BCUT2D eigenvalue weighted by Gasteiger charge is -2.44. The number of aliphatic hydroxyl groups excluding tert-OH is 8. The first kappa shape index (κ1) is 106. The second-order valence-electron chi connectivity index (χ2n) is 35.7. The number of rotatable bonds is 84. The van der Waals surface area contributed by atoms with Crippen molar-refractivity contribution in [3.63, 3.8) is 0 Å². The summed E-state index contributed by atoms with van der Waals surface area (Å²) in [6, 6.07) is 0. The van der Waals surface area contributed by atoms with Gasteiger partial charge in [-0.05, 0) is 56.8 Å². The van der Waals surface area contributed by atoms with E-state index in [-0.39, 0.29) is 0 Å². The molecule has 2 fully saturated rings. The zero-order valence-corrected chi connectivity index (χ0v) is 73.7. The number of esters is 1. The molecule has 0 radical (unpaired) electrons. The smallest absolute Gasteiger partial charge is 0.311 e. The van der Waals surface area contributed by atoms with Gasteiger partial charge in [0.25, 0.3) is 0 Å². The van der Waals surface area contributed by atoms with Gasteiger partial charge in [0.15, 0.2) is 12.6 Å². The highest BCUT2D eigenvalue weighted by Crippen LogP contribution is 2.31. The van der Waals surface area contributed by atoms with E-state index in [0.29, 0.717) is 30.8 Å². The zero-order chi connectivity index (χ0) is 80.5. The van der Waals surface area contributed by atoms with Crippen LogP contribution in [0.3, 0.4) is 0 Å². The monoisotopic (exact) mass is 1580 g/mol. The van der Waals surface area contributed by atoms with E-state index in [9.17, 15) is 45.6 Å². The fraction of sp³-hybridized carbons (Fsp3) is 0.969. The summed E-state index contributed by atoms with van der Waals surface area (Å²) in [4.78, 5) is 13.9. The van der Waals surface area contributed by atoms with E-state index in [1.165, 1.54) is 398 Å². The summed E-state index contributed by atoms with van der Waals surface area (Å²) in [7, 11) is 1.94. The molecule has 0 saturated carbocycles. The van der Waals surface area contributed by atoms with E-state index in [4.69, 9.17) is 23.7 Å². The van der Waals surface area contributed by atoms with Gasteiger partial charge < -0.3 is 64.5 Å². The maximum Gasteiger partial charge on any atom is 0.311 e. The molecule has 0 aromatic heterocycles. The highest BCUT2D eigenvalue weighted by atomic mass is 16.8. The van der Waals surface area contributed by atoms with Gasteiger partial charge in [-0.3, -0.25) is 4.79 Å². The summed E-state index contributed by atoms with van der Waals surface area (Å²) < 4.78 is 28.5. The minimum Gasteiger partial charge on any atom is -0.463 e. The molecule has 2 saturated heterocycles. The second-order valence-corrected chi connectivity index (χ2v) is 35.7. The number of carbonyl (C=O) groups is 1. The molecule has 660 valence electrons. The Hall–Kier alpha value is -1.27. The van der Waals surface area contributed by atoms with Crippen LogP contribution in [0.25, 0.3) is 0 Å². The third-order valence-corrected chi connectivity index (χ3v) is 25.2. The SMILES string of the molecule is CCCCCCCCCCCCCCCCCCCCCCCC[C@@H](C(=O)OC[C@H]1O[C@H](O[C@H]2O[C@H](CO)[C@@H](O)[C@H](O)[C@H]2O)[C@H](O)[C@@H](O)[C@@H]1O)[C@H](O)CCCCCCCCCCCCC[C@@H](C)/C=C/CCCCCCCCCCCCCCCCCCC[C@H](OC)[C@@H](C)CCCCCCCCCCCCCCCCCC. The normalized spacial score (nSPS) is 21.7. The van der Waals surface area contributed by atoms with Crippen molar-refractivity contribution in [2.75, 3.05) is 20.3 Å². The average Bonchev–Trinajstić information content (AvgIpc) is 0.793. The van der Waals surface area contributed by atoms with Crippen LogP contribution in [0.1, 0.15) is 490 Å². The van der Waals surface area contributed by atoms with Gasteiger partial charge >= 0.3 is 5.97 Å². The third kappa shape index (κ3) is 58.3. The maximum absolute atomic E-state index is 13.9. The van der Waals surface area contributed by atoms with Gasteiger partial charge in [-0.25, -0.2) is 0 Å². The fourth-order valence-electron chi connectivity index (χ4n) is 17.3. The summed E-state index contributed by atoms with van der Waals surface area (Å²) in [5, 5.41) is 84.7. The molecule has 2 rings (SSSR count). The Morgan fingerprint density at radius 1 is 0.342 bits per heavy atom. The molecular weight excluding hydrogens is 1390 g/mol. The van der Waals surface area contributed by atoms with Crippen molar-refractivity contribution in [1.82, 2.24) is 0 Å². The van der Waals surface area contributed by atoms with Crippen molar-refractivity contribution in [2.45, 2.75) is 564 Å². The lowest BCUT2D eigenvalue weighted by atomic mass is 9.91.